The monoisotopic (exact) mass is 335 g/mol. The summed E-state index contributed by atoms with van der Waals surface area (Å²) in [4.78, 5) is 13.6. The van der Waals surface area contributed by atoms with Crippen molar-refractivity contribution in [2.75, 3.05) is 5.75 Å². The molecule has 24 heavy (non-hydrogen) atoms. The molecule has 0 saturated heterocycles. The van der Waals surface area contributed by atoms with E-state index in [-0.39, 0.29) is 0 Å². The second-order valence-corrected chi connectivity index (χ2v) is 7.01. The lowest BCUT2D eigenvalue weighted by Gasteiger charge is -2.07. The third-order valence-corrected chi connectivity index (χ3v) is 4.99. The van der Waals surface area contributed by atoms with Gasteiger partial charge in [0.05, 0.1) is 5.52 Å². The fourth-order valence-electron chi connectivity index (χ4n) is 2.49. The number of pyridine rings is 1. The number of rotatable bonds is 4. The van der Waals surface area contributed by atoms with Gasteiger partial charge in [0.2, 0.25) is 0 Å². The summed E-state index contributed by atoms with van der Waals surface area (Å²) < 4.78 is 1.87. The van der Waals surface area contributed by atoms with Gasteiger partial charge in [-0.2, -0.15) is 4.52 Å². The standard InChI is InChI=1S/C18H17N5S/c1-12(2)11-24-18-20-15-6-4-3-5-14(15)17-21-16(22-23(17)18)13-7-9-19-10-8-13/h3-10,12H,11H2,1-2H3. The number of benzene rings is 1. The van der Waals surface area contributed by atoms with Crippen LogP contribution in [0.5, 0.6) is 0 Å². The van der Waals surface area contributed by atoms with E-state index in [1.165, 1.54) is 0 Å². The number of hydrogen-bond donors (Lipinski definition) is 0. The van der Waals surface area contributed by atoms with Crippen molar-refractivity contribution in [2.45, 2.75) is 19.0 Å². The maximum atomic E-state index is 4.79. The maximum absolute atomic E-state index is 4.79. The highest BCUT2D eigenvalue weighted by Crippen LogP contribution is 2.27. The van der Waals surface area contributed by atoms with Crippen LogP contribution >= 0.6 is 11.8 Å². The lowest BCUT2D eigenvalue weighted by Crippen LogP contribution is -2.00. The van der Waals surface area contributed by atoms with Crippen LogP contribution in [0, 0.1) is 5.92 Å². The minimum absolute atomic E-state index is 0.585. The van der Waals surface area contributed by atoms with Gasteiger partial charge in [-0.3, -0.25) is 4.98 Å². The average Bonchev–Trinajstić information content (AvgIpc) is 3.06. The molecule has 3 heterocycles. The highest BCUT2D eigenvalue weighted by molar-refractivity contribution is 7.99. The topological polar surface area (TPSA) is 56.0 Å². The summed E-state index contributed by atoms with van der Waals surface area (Å²) >= 11 is 1.72. The third-order valence-electron chi connectivity index (χ3n) is 3.63. The van der Waals surface area contributed by atoms with Crippen molar-refractivity contribution >= 4 is 28.3 Å². The van der Waals surface area contributed by atoms with E-state index in [0.717, 1.165) is 33.0 Å². The van der Waals surface area contributed by atoms with E-state index in [4.69, 9.17) is 15.1 Å². The molecule has 120 valence electrons. The summed E-state index contributed by atoms with van der Waals surface area (Å²) in [5.41, 5.74) is 2.75. The predicted molar refractivity (Wildman–Crippen MR) is 97.1 cm³/mol. The molecule has 0 radical (unpaired) electrons. The van der Waals surface area contributed by atoms with Crippen LogP contribution in [0.1, 0.15) is 13.8 Å². The molecule has 0 unspecified atom stereocenters. The van der Waals surface area contributed by atoms with Crippen LogP contribution < -0.4 is 0 Å². The first-order valence-corrected chi connectivity index (χ1v) is 8.89. The van der Waals surface area contributed by atoms with E-state index < -0.39 is 0 Å². The Bertz CT molecular complexity index is 994. The predicted octanol–water partition coefficient (Wildman–Crippen LogP) is 4.09. The number of aromatic nitrogens is 5. The van der Waals surface area contributed by atoms with Gasteiger partial charge in [-0.15, -0.1) is 5.10 Å². The van der Waals surface area contributed by atoms with E-state index in [1.54, 1.807) is 24.2 Å². The Morgan fingerprint density at radius 3 is 2.62 bits per heavy atom. The molecule has 0 bridgehead atoms. The van der Waals surface area contributed by atoms with Gasteiger partial charge >= 0.3 is 0 Å². The smallest absolute Gasteiger partial charge is 0.191 e. The summed E-state index contributed by atoms with van der Waals surface area (Å²) in [6.45, 7) is 4.41. The minimum atomic E-state index is 0.585. The van der Waals surface area contributed by atoms with Crippen molar-refractivity contribution in [3.8, 4) is 11.4 Å². The van der Waals surface area contributed by atoms with Gasteiger partial charge < -0.3 is 0 Å². The van der Waals surface area contributed by atoms with Crippen LogP contribution in [0.4, 0.5) is 0 Å². The molecule has 1 aromatic carbocycles. The summed E-state index contributed by atoms with van der Waals surface area (Å²) in [6.07, 6.45) is 3.51. The molecule has 0 amide bonds. The van der Waals surface area contributed by atoms with E-state index in [0.29, 0.717) is 11.7 Å². The number of hydrogen-bond acceptors (Lipinski definition) is 5. The van der Waals surface area contributed by atoms with Crippen LogP contribution in [0.15, 0.2) is 53.9 Å². The number of para-hydroxylation sites is 1. The van der Waals surface area contributed by atoms with E-state index >= 15 is 0 Å². The van der Waals surface area contributed by atoms with Crippen LogP contribution in [-0.2, 0) is 0 Å². The zero-order valence-electron chi connectivity index (χ0n) is 13.5. The van der Waals surface area contributed by atoms with Gasteiger partial charge in [-0.25, -0.2) is 9.97 Å². The molecule has 5 nitrogen and oxygen atoms in total. The van der Waals surface area contributed by atoms with Gasteiger partial charge in [-0.05, 0) is 30.2 Å². The molecule has 0 spiro atoms. The van der Waals surface area contributed by atoms with Gasteiger partial charge in [-0.1, -0.05) is 37.7 Å². The Morgan fingerprint density at radius 1 is 1.04 bits per heavy atom. The van der Waals surface area contributed by atoms with Crippen molar-refractivity contribution in [3.63, 3.8) is 0 Å². The summed E-state index contributed by atoms with van der Waals surface area (Å²) in [5.74, 6) is 2.27. The van der Waals surface area contributed by atoms with Gasteiger partial charge in [0, 0.05) is 29.1 Å². The largest absolute Gasteiger partial charge is 0.265 e. The van der Waals surface area contributed by atoms with E-state index in [9.17, 15) is 0 Å². The number of nitrogens with zero attached hydrogens (tertiary/aromatic N) is 5. The second-order valence-electron chi connectivity index (χ2n) is 6.02. The van der Waals surface area contributed by atoms with Crippen LogP contribution in [-0.4, -0.2) is 30.3 Å². The molecule has 4 aromatic rings. The lowest BCUT2D eigenvalue weighted by molar-refractivity contribution is 0.742. The first-order valence-electron chi connectivity index (χ1n) is 7.91. The Morgan fingerprint density at radius 2 is 1.83 bits per heavy atom. The molecule has 0 saturated carbocycles. The molecule has 0 atom stereocenters. The Balaban J connectivity index is 1.94. The van der Waals surface area contributed by atoms with Crippen LogP contribution in [0.2, 0.25) is 0 Å². The quantitative estimate of drug-likeness (QED) is 0.415. The van der Waals surface area contributed by atoms with Gasteiger partial charge in [0.15, 0.2) is 16.6 Å². The SMILES string of the molecule is CC(C)CSc1nc2ccccc2c2nc(-c3ccncc3)nn12. The maximum Gasteiger partial charge on any atom is 0.191 e. The molecule has 0 fully saturated rings. The Labute approximate surface area is 144 Å². The van der Waals surface area contributed by atoms with E-state index in [2.05, 4.69) is 18.8 Å². The Kier molecular flexibility index (Phi) is 3.90. The highest BCUT2D eigenvalue weighted by atomic mass is 32.2. The lowest BCUT2D eigenvalue weighted by atomic mass is 10.2. The van der Waals surface area contributed by atoms with Crippen molar-refractivity contribution in [1.29, 1.82) is 0 Å². The molecule has 6 heteroatoms. The molecular formula is C18H17N5S. The molecule has 0 aliphatic heterocycles. The van der Waals surface area contributed by atoms with Crippen LogP contribution in [0.25, 0.3) is 27.9 Å². The fraction of sp³-hybridized carbons (Fsp3) is 0.222. The minimum Gasteiger partial charge on any atom is -0.265 e. The number of thioether (sulfide) groups is 1. The highest BCUT2D eigenvalue weighted by Gasteiger charge is 2.15. The molecule has 0 aliphatic rings. The second kappa shape index (κ2) is 6.20. The Hall–Kier alpha value is -2.47. The first kappa shape index (κ1) is 15.1. The van der Waals surface area contributed by atoms with Crippen LogP contribution in [0.3, 0.4) is 0 Å². The summed E-state index contributed by atoms with van der Waals surface area (Å²) in [7, 11) is 0. The zero-order valence-corrected chi connectivity index (χ0v) is 14.4. The van der Waals surface area contributed by atoms with Gasteiger partial charge in [0.25, 0.3) is 0 Å². The fourth-order valence-corrected chi connectivity index (χ4v) is 3.38. The summed E-state index contributed by atoms with van der Waals surface area (Å²) in [5, 5.41) is 6.60. The first-order chi connectivity index (χ1) is 11.7. The summed E-state index contributed by atoms with van der Waals surface area (Å²) in [6, 6.07) is 11.9. The third kappa shape index (κ3) is 2.73. The van der Waals surface area contributed by atoms with Crippen molar-refractivity contribution in [1.82, 2.24) is 24.6 Å². The number of fused-ring (bicyclic) bond motifs is 3. The van der Waals surface area contributed by atoms with Gasteiger partial charge in [0.1, 0.15) is 0 Å². The van der Waals surface area contributed by atoms with Crippen molar-refractivity contribution < 1.29 is 0 Å². The molecule has 3 aromatic heterocycles. The molecule has 4 rings (SSSR count). The molecular weight excluding hydrogens is 318 g/mol. The van der Waals surface area contributed by atoms with Crippen molar-refractivity contribution in [2.24, 2.45) is 5.92 Å². The van der Waals surface area contributed by atoms with E-state index in [1.807, 2.05) is 40.9 Å². The normalized spacial score (nSPS) is 11.6. The molecule has 0 aliphatic carbocycles. The average molecular weight is 335 g/mol. The zero-order chi connectivity index (χ0) is 16.5. The van der Waals surface area contributed by atoms with Crippen molar-refractivity contribution in [3.05, 3.63) is 48.8 Å². The molecule has 0 N–H and O–H groups in total.